The number of hydrogen-bond donors (Lipinski definition) is 0. The summed E-state index contributed by atoms with van der Waals surface area (Å²) in [6, 6.07) is 0. The first kappa shape index (κ1) is 8.28. The van der Waals surface area contributed by atoms with Gasteiger partial charge >= 0.3 is 53.5 Å². The van der Waals surface area contributed by atoms with Crippen molar-refractivity contribution in [3.8, 4) is 0 Å². The van der Waals surface area contributed by atoms with Crippen molar-refractivity contribution in [2.45, 2.75) is 13.8 Å². The maximum atomic E-state index is 10.4. The molecule has 0 aliphatic heterocycles. The Hall–Kier alpha value is 0.278. The van der Waals surface area contributed by atoms with Gasteiger partial charge in [-0.2, -0.15) is 0 Å². The van der Waals surface area contributed by atoms with Gasteiger partial charge in [-0.3, -0.25) is 0 Å². The van der Waals surface area contributed by atoms with Gasteiger partial charge in [0.25, 0.3) is 0 Å². The van der Waals surface area contributed by atoms with E-state index in [-0.39, 0.29) is 0 Å². The molecule has 0 N–H and O–H groups in total. The molecule has 0 aliphatic carbocycles. The van der Waals surface area contributed by atoms with Crippen molar-refractivity contribution in [2.75, 3.05) is 13.2 Å². The minimum absolute atomic E-state index is 0.485. The second kappa shape index (κ2) is 5.42. The molecule has 0 bridgehead atoms. The molecular weight excluding hydrogens is 171 g/mol. The molecule has 0 atom stereocenters. The van der Waals surface area contributed by atoms with Gasteiger partial charge in [-0.25, -0.2) is 0 Å². The standard InChI is InChI=1S/C4H11AsO3/c1-3-7-5(6)8-4-2/h5H,3-4H2,1-2H3. The molecule has 0 rings (SSSR count). The molecule has 0 spiro atoms. The van der Waals surface area contributed by atoms with Crippen molar-refractivity contribution in [3.05, 3.63) is 0 Å². The fourth-order valence-corrected chi connectivity index (χ4v) is 1.44. The molecule has 50 valence electrons. The van der Waals surface area contributed by atoms with Crippen molar-refractivity contribution < 1.29 is 11.2 Å². The number of hydrogen-bond acceptors (Lipinski definition) is 3. The Morgan fingerprint density at radius 1 is 1.25 bits per heavy atom. The van der Waals surface area contributed by atoms with E-state index < -0.39 is 15.3 Å². The van der Waals surface area contributed by atoms with Gasteiger partial charge in [-0.15, -0.1) is 0 Å². The second-order valence-corrected chi connectivity index (χ2v) is 3.38. The Labute approximate surface area is 54.2 Å². The van der Waals surface area contributed by atoms with E-state index in [9.17, 15) is 3.74 Å². The first-order valence-corrected chi connectivity index (χ1v) is 5.17. The molecule has 3 nitrogen and oxygen atoms in total. The Morgan fingerprint density at radius 3 is 1.88 bits per heavy atom. The average Bonchev–Trinajstić information content (AvgIpc) is 1.68. The SMILES string of the molecule is CCO[AsH](=O)OCC. The summed E-state index contributed by atoms with van der Waals surface area (Å²) in [5.74, 6) is 0. The van der Waals surface area contributed by atoms with E-state index in [2.05, 4.69) is 7.45 Å². The maximum absolute atomic E-state index is 10.4. The summed E-state index contributed by atoms with van der Waals surface area (Å²) in [5, 5.41) is 0. The predicted octanol–water partition coefficient (Wildman–Crippen LogP) is 0.207. The van der Waals surface area contributed by atoms with Gasteiger partial charge in [-0.05, 0) is 0 Å². The van der Waals surface area contributed by atoms with E-state index in [1.54, 1.807) is 13.8 Å². The molecule has 4 heteroatoms. The fraction of sp³-hybridized carbons (Fsp3) is 1.00. The summed E-state index contributed by atoms with van der Waals surface area (Å²) in [6.07, 6.45) is 0. The monoisotopic (exact) mass is 182 g/mol. The molecule has 0 radical (unpaired) electrons. The molecule has 0 saturated heterocycles. The van der Waals surface area contributed by atoms with Gasteiger partial charge in [0.05, 0.1) is 0 Å². The average molecular weight is 182 g/mol. The summed E-state index contributed by atoms with van der Waals surface area (Å²) in [5.41, 5.74) is 0. The molecule has 0 heterocycles. The van der Waals surface area contributed by atoms with E-state index in [4.69, 9.17) is 0 Å². The van der Waals surface area contributed by atoms with Gasteiger partial charge in [0.15, 0.2) is 0 Å². The summed E-state index contributed by atoms with van der Waals surface area (Å²) >= 11 is -2.69. The first-order valence-electron chi connectivity index (χ1n) is 2.60. The van der Waals surface area contributed by atoms with Crippen LogP contribution in [0.3, 0.4) is 0 Å². The van der Waals surface area contributed by atoms with E-state index in [0.29, 0.717) is 13.2 Å². The summed E-state index contributed by atoms with van der Waals surface area (Å²) in [6.45, 7) is 4.56. The minimum atomic E-state index is -2.69. The molecule has 0 aromatic heterocycles. The van der Waals surface area contributed by atoms with Crippen LogP contribution < -0.4 is 0 Å². The second-order valence-electron chi connectivity index (χ2n) is 1.12. The molecule has 0 aromatic rings. The van der Waals surface area contributed by atoms with Gasteiger partial charge in [0.2, 0.25) is 0 Å². The zero-order valence-electron chi connectivity index (χ0n) is 5.14. The molecule has 0 saturated carbocycles. The van der Waals surface area contributed by atoms with Crippen molar-refractivity contribution in [3.63, 3.8) is 0 Å². The normalized spacial score (nSPS) is 10.4. The molecule has 8 heavy (non-hydrogen) atoms. The van der Waals surface area contributed by atoms with Crippen LogP contribution >= 0.6 is 0 Å². The van der Waals surface area contributed by atoms with Gasteiger partial charge in [0.1, 0.15) is 0 Å². The molecule has 0 fully saturated rings. The Kier molecular flexibility index (Phi) is 5.60. The molecule has 0 aliphatic rings. The Morgan fingerprint density at radius 2 is 1.62 bits per heavy atom. The predicted molar refractivity (Wildman–Crippen MR) is 31.1 cm³/mol. The Balaban J connectivity index is 3.06. The van der Waals surface area contributed by atoms with Crippen LogP contribution in [-0.4, -0.2) is 28.5 Å². The van der Waals surface area contributed by atoms with Crippen LogP contribution in [0.2, 0.25) is 0 Å². The fourth-order valence-electron chi connectivity index (χ4n) is 0.277. The Bertz CT molecular complexity index is 65.7. The summed E-state index contributed by atoms with van der Waals surface area (Å²) in [4.78, 5) is 0. The topological polar surface area (TPSA) is 35.5 Å². The zero-order valence-corrected chi connectivity index (χ0v) is 7.24. The van der Waals surface area contributed by atoms with Crippen LogP contribution in [0.5, 0.6) is 0 Å². The van der Waals surface area contributed by atoms with E-state index >= 15 is 0 Å². The van der Waals surface area contributed by atoms with Crippen LogP contribution in [0.1, 0.15) is 13.8 Å². The van der Waals surface area contributed by atoms with Crippen LogP contribution in [0, 0.1) is 0 Å². The van der Waals surface area contributed by atoms with Crippen LogP contribution in [-0.2, 0) is 11.2 Å². The van der Waals surface area contributed by atoms with Crippen LogP contribution in [0.25, 0.3) is 0 Å². The van der Waals surface area contributed by atoms with Crippen molar-refractivity contribution in [1.82, 2.24) is 0 Å². The van der Waals surface area contributed by atoms with Crippen LogP contribution in [0.4, 0.5) is 0 Å². The third-order valence-electron chi connectivity index (χ3n) is 0.524. The van der Waals surface area contributed by atoms with Gasteiger partial charge < -0.3 is 0 Å². The quantitative estimate of drug-likeness (QED) is 0.583. The molecule has 0 amide bonds. The van der Waals surface area contributed by atoms with E-state index in [1.165, 1.54) is 0 Å². The van der Waals surface area contributed by atoms with Crippen LogP contribution in [0.15, 0.2) is 0 Å². The van der Waals surface area contributed by atoms with Gasteiger partial charge in [0, 0.05) is 0 Å². The summed E-state index contributed by atoms with van der Waals surface area (Å²) < 4.78 is 19.8. The zero-order chi connectivity index (χ0) is 6.41. The van der Waals surface area contributed by atoms with Gasteiger partial charge in [-0.1, -0.05) is 0 Å². The van der Waals surface area contributed by atoms with E-state index in [1.807, 2.05) is 0 Å². The van der Waals surface area contributed by atoms with Crippen molar-refractivity contribution >= 4 is 15.3 Å². The third-order valence-corrected chi connectivity index (χ3v) is 2.72. The number of rotatable bonds is 4. The molecular formula is C4H11AsO3. The van der Waals surface area contributed by atoms with Crippen molar-refractivity contribution in [2.24, 2.45) is 0 Å². The molecule has 0 aromatic carbocycles. The third kappa shape index (κ3) is 4.44. The van der Waals surface area contributed by atoms with Crippen molar-refractivity contribution in [1.29, 1.82) is 0 Å². The first-order chi connectivity index (χ1) is 3.81. The molecule has 0 unspecified atom stereocenters. The van der Waals surface area contributed by atoms with E-state index in [0.717, 1.165) is 0 Å². The summed E-state index contributed by atoms with van der Waals surface area (Å²) in [7, 11) is 0.